The van der Waals surface area contributed by atoms with Gasteiger partial charge in [0.1, 0.15) is 5.82 Å². The molecule has 0 aliphatic rings. The van der Waals surface area contributed by atoms with Crippen LogP contribution in [0.2, 0.25) is 0 Å². The molecule has 2 aromatic carbocycles. The van der Waals surface area contributed by atoms with Gasteiger partial charge in [0.15, 0.2) is 0 Å². The number of benzene rings is 2. The van der Waals surface area contributed by atoms with Crippen LogP contribution in [0.15, 0.2) is 42.5 Å². The molecule has 0 aliphatic heterocycles. The quantitative estimate of drug-likeness (QED) is 0.446. The van der Waals surface area contributed by atoms with Crippen molar-refractivity contribution in [3.05, 3.63) is 59.4 Å². The van der Waals surface area contributed by atoms with Crippen LogP contribution in [0.5, 0.6) is 0 Å². The van der Waals surface area contributed by atoms with Crippen molar-refractivity contribution >= 4 is 5.97 Å². The van der Waals surface area contributed by atoms with Gasteiger partial charge in [-0.2, -0.15) is 0 Å². The maximum absolute atomic E-state index is 13.8. The van der Waals surface area contributed by atoms with Gasteiger partial charge < -0.3 is 5.11 Å². The number of hydrogen-bond acceptors (Lipinski definition) is 1. The first-order valence-corrected chi connectivity index (χ1v) is 9.74. The predicted octanol–water partition coefficient (Wildman–Crippen LogP) is 6.87. The Morgan fingerprint density at radius 3 is 2.00 bits per heavy atom. The third-order valence-corrected chi connectivity index (χ3v) is 4.81. The van der Waals surface area contributed by atoms with Crippen LogP contribution >= 0.6 is 0 Å². The zero-order valence-electron chi connectivity index (χ0n) is 15.6. The summed E-state index contributed by atoms with van der Waals surface area (Å²) in [4.78, 5) is 10.9. The number of carboxylic acid groups (broad SMARTS) is 1. The molecule has 0 unspecified atom stereocenters. The van der Waals surface area contributed by atoms with Crippen LogP contribution in [0.3, 0.4) is 0 Å². The Morgan fingerprint density at radius 2 is 1.42 bits per heavy atom. The third kappa shape index (κ3) is 6.29. The van der Waals surface area contributed by atoms with E-state index in [9.17, 15) is 9.18 Å². The van der Waals surface area contributed by atoms with Crippen molar-refractivity contribution in [2.75, 3.05) is 0 Å². The Hall–Kier alpha value is -2.16. The molecule has 2 nitrogen and oxygen atoms in total. The maximum Gasteiger partial charge on any atom is 0.338 e. The van der Waals surface area contributed by atoms with Gasteiger partial charge in [-0.15, -0.1) is 0 Å². The molecule has 0 heterocycles. The lowest BCUT2D eigenvalue weighted by Crippen LogP contribution is -2.00. The Bertz CT molecular complexity index is 692. The molecule has 0 aliphatic carbocycles. The van der Waals surface area contributed by atoms with Crippen molar-refractivity contribution in [2.45, 2.75) is 64.7 Å². The van der Waals surface area contributed by atoms with Gasteiger partial charge in [0, 0.05) is 0 Å². The molecule has 2 rings (SSSR count). The molecule has 26 heavy (non-hydrogen) atoms. The molecular weight excluding hydrogens is 327 g/mol. The number of unbranched alkanes of at least 4 members (excludes halogenated alkanes) is 7. The van der Waals surface area contributed by atoms with Crippen LogP contribution in [0.25, 0.3) is 11.1 Å². The first-order chi connectivity index (χ1) is 12.6. The summed E-state index contributed by atoms with van der Waals surface area (Å²) in [5, 5.41) is 8.90. The third-order valence-electron chi connectivity index (χ3n) is 4.81. The van der Waals surface area contributed by atoms with Crippen LogP contribution in [0, 0.1) is 5.82 Å². The van der Waals surface area contributed by atoms with Gasteiger partial charge in [-0.3, -0.25) is 0 Å². The van der Waals surface area contributed by atoms with Gasteiger partial charge >= 0.3 is 5.97 Å². The van der Waals surface area contributed by atoms with Gasteiger partial charge in [0.2, 0.25) is 0 Å². The van der Waals surface area contributed by atoms with E-state index in [-0.39, 0.29) is 5.56 Å². The van der Waals surface area contributed by atoms with Crippen LogP contribution < -0.4 is 0 Å². The summed E-state index contributed by atoms with van der Waals surface area (Å²) in [6.45, 7) is 2.24. The monoisotopic (exact) mass is 356 g/mol. The van der Waals surface area contributed by atoms with Gasteiger partial charge in [-0.05, 0) is 41.7 Å². The van der Waals surface area contributed by atoms with Crippen LogP contribution in [0.1, 0.15) is 74.2 Å². The highest BCUT2D eigenvalue weighted by molar-refractivity contribution is 5.88. The molecule has 3 heteroatoms. The van der Waals surface area contributed by atoms with Crippen molar-refractivity contribution in [3.63, 3.8) is 0 Å². The molecule has 0 saturated heterocycles. The van der Waals surface area contributed by atoms with Crippen LogP contribution in [0.4, 0.5) is 4.39 Å². The number of rotatable bonds is 11. The van der Waals surface area contributed by atoms with Crippen molar-refractivity contribution in [1.29, 1.82) is 0 Å². The number of carboxylic acids is 1. The highest BCUT2D eigenvalue weighted by atomic mass is 19.1. The summed E-state index contributed by atoms with van der Waals surface area (Å²) in [6, 6.07) is 12.4. The number of carbonyl (C=O) groups is 1. The average Bonchev–Trinajstić information content (AvgIpc) is 2.64. The minimum Gasteiger partial charge on any atom is -0.478 e. The van der Waals surface area contributed by atoms with Crippen molar-refractivity contribution in [1.82, 2.24) is 0 Å². The molecule has 0 aromatic heterocycles. The summed E-state index contributed by atoms with van der Waals surface area (Å²) in [5.41, 5.74) is 2.61. The van der Waals surface area contributed by atoms with E-state index >= 15 is 0 Å². The van der Waals surface area contributed by atoms with Gasteiger partial charge in [-0.25, -0.2) is 9.18 Å². The maximum atomic E-state index is 13.8. The number of hydrogen-bond donors (Lipinski definition) is 1. The first kappa shape index (κ1) is 20.2. The fourth-order valence-electron chi connectivity index (χ4n) is 3.19. The lowest BCUT2D eigenvalue weighted by Gasteiger charge is -2.06. The molecule has 0 fully saturated rings. The zero-order valence-corrected chi connectivity index (χ0v) is 15.6. The van der Waals surface area contributed by atoms with Crippen molar-refractivity contribution in [3.8, 4) is 11.1 Å². The Balaban J connectivity index is 1.79. The molecular formula is C23H29FO2. The molecule has 0 atom stereocenters. The second-order valence-electron chi connectivity index (χ2n) is 6.92. The SMILES string of the molecule is CCCCCCCCCCc1ccc(-c2ccc(C(=O)O)c(F)c2)cc1. The number of aryl methyl sites for hydroxylation is 1. The Labute approximate surface area is 156 Å². The Kier molecular flexibility index (Phi) is 8.33. The van der Waals surface area contributed by atoms with Crippen molar-refractivity contribution in [2.24, 2.45) is 0 Å². The highest BCUT2D eigenvalue weighted by Gasteiger charge is 2.11. The first-order valence-electron chi connectivity index (χ1n) is 9.74. The average molecular weight is 356 g/mol. The summed E-state index contributed by atoms with van der Waals surface area (Å²) in [7, 11) is 0. The number of halogens is 1. The summed E-state index contributed by atoms with van der Waals surface area (Å²) in [5.74, 6) is -1.94. The van der Waals surface area contributed by atoms with Gasteiger partial charge in [-0.1, -0.05) is 82.2 Å². The smallest absolute Gasteiger partial charge is 0.338 e. The highest BCUT2D eigenvalue weighted by Crippen LogP contribution is 2.23. The molecule has 2 aromatic rings. The molecule has 0 saturated carbocycles. The summed E-state index contributed by atoms with van der Waals surface area (Å²) < 4.78 is 13.8. The second kappa shape index (κ2) is 10.7. The second-order valence-corrected chi connectivity index (χ2v) is 6.92. The Morgan fingerprint density at radius 1 is 0.846 bits per heavy atom. The largest absolute Gasteiger partial charge is 0.478 e. The molecule has 0 spiro atoms. The van der Waals surface area contributed by atoms with Crippen LogP contribution in [-0.2, 0) is 6.42 Å². The molecule has 0 radical (unpaired) electrons. The standard InChI is InChI=1S/C23H29FO2/c1-2-3-4-5-6-7-8-9-10-18-11-13-19(14-12-18)20-15-16-21(23(25)26)22(24)17-20/h11-17H,2-10H2,1H3,(H,25,26). The fraction of sp³-hybridized carbons (Fsp3) is 0.435. The van der Waals surface area contributed by atoms with Crippen molar-refractivity contribution < 1.29 is 14.3 Å². The molecule has 1 N–H and O–H groups in total. The van der Waals surface area contributed by atoms with E-state index in [1.807, 2.05) is 12.1 Å². The van der Waals surface area contributed by atoms with E-state index in [0.29, 0.717) is 5.56 Å². The van der Waals surface area contributed by atoms with E-state index in [0.717, 1.165) is 12.0 Å². The summed E-state index contributed by atoms with van der Waals surface area (Å²) >= 11 is 0. The van der Waals surface area contributed by atoms with E-state index in [2.05, 4.69) is 19.1 Å². The van der Waals surface area contributed by atoms with E-state index < -0.39 is 11.8 Å². The minimum atomic E-state index is -1.24. The lowest BCUT2D eigenvalue weighted by atomic mass is 9.99. The van der Waals surface area contributed by atoms with E-state index in [4.69, 9.17) is 5.11 Å². The van der Waals surface area contributed by atoms with E-state index in [1.165, 1.54) is 69.1 Å². The fourth-order valence-corrected chi connectivity index (χ4v) is 3.19. The van der Waals surface area contributed by atoms with Gasteiger partial charge in [0.05, 0.1) is 5.56 Å². The summed E-state index contributed by atoms with van der Waals surface area (Å²) in [6.07, 6.45) is 11.6. The van der Waals surface area contributed by atoms with E-state index in [1.54, 1.807) is 6.07 Å². The lowest BCUT2D eigenvalue weighted by molar-refractivity contribution is 0.0692. The molecule has 0 amide bonds. The normalized spacial score (nSPS) is 10.8. The molecule has 140 valence electrons. The zero-order chi connectivity index (χ0) is 18.8. The predicted molar refractivity (Wildman–Crippen MR) is 105 cm³/mol. The molecule has 0 bridgehead atoms. The minimum absolute atomic E-state index is 0.292. The number of aromatic carboxylic acids is 1. The van der Waals surface area contributed by atoms with Crippen LogP contribution in [-0.4, -0.2) is 11.1 Å². The topological polar surface area (TPSA) is 37.3 Å². The van der Waals surface area contributed by atoms with Gasteiger partial charge in [0.25, 0.3) is 0 Å².